The Morgan fingerprint density at radius 2 is 1.97 bits per heavy atom. The summed E-state index contributed by atoms with van der Waals surface area (Å²) in [7, 11) is 0. The molecule has 0 fully saturated rings. The van der Waals surface area contributed by atoms with E-state index in [1.54, 1.807) is 36.4 Å². The quantitative estimate of drug-likeness (QED) is 0.335. The first kappa shape index (κ1) is 21.1. The number of nitro benzene ring substituents is 1. The number of hydrogen-bond donors (Lipinski definition) is 1. The smallest absolute Gasteiger partial charge is 0.277 e. The average Bonchev–Trinajstić information content (AvgIpc) is 3.19. The number of carbonyl (C=O) groups is 1. The lowest BCUT2D eigenvalue weighted by Crippen LogP contribution is -2.24. The summed E-state index contributed by atoms with van der Waals surface area (Å²) in [5.41, 5.74) is 4.61. The molecule has 0 unspecified atom stereocenters. The Morgan fingerprint density at radius 3 is 2.67 bits per heavy atom. The van der Waals surface area contributed by atoms with E-state index in [0.29, 0.717) is 27.9 Å². The van der Waals surface area contributed by atoms with E-state index in [4.69, 9.17) is 20.8 Å². The first-order chi connectivity index (χ1) is 14.3. The molecule has 3 aromatic rings. The minimum atomic E-state index is -0.473. The zero-order valence-electron chi connectivity index (χ0n) is 16.2. The van der Waals surface area contributed by atoms with Gasteiger partial charge in [-0.2, -0.15) is 5.10 Å². The zero-order chi connectivity index (χ0) is 21.7. The largest absolute Gasteiger partial charge is 0.484 e. The summed E-state index contributed by atoms with van der Waals surface area (Å²) >= 11 is 6.11. The zero-order valence-corrected chi connectivity index (χ0v) is 17.0. The number of nitro groups is 1. The molecule has 3 rings (SSSR count). The SMILES string of the molecule is Cc1cc(OCC(=O)N/N=C/c2ccc(-c3cccc([N+](=O)[O-])c3)o2)cc(C)c1Cl. The molecule has 0 aliphatic carbocycles. The lowest BCUT2D eigenvalue weighted by Gasteiger charge is -2.09. The number of furan rings is 1. The van der Waals surface area contributed by atoms with E-state index in [1.807, 2.05) is 13.8 Å². The highest BCUT2D eigenvalue weighted by Gasteiger charge is 2.10. The van der Waals surface area contributed by atoms with Crippen LogP contribution in [-0.2, 0) is 4.79 Å². The number of ether oxygens (including phenoxy) is 1. The standard InChI is InChI=1S/C21H18ClN3O5/c1-13-8-18(9-14(2)21(13)22)29-12-20(26)24-23-11-17-6-7-19(30-17)15-4-3-5-16(10-15)25(27)28/h3-11H,12H2,1-2H3,(H,24,26)/b23-11+. The van der Waals surface area contributed by atoms with Gasteiger partial charge in [-0.25, -0.2) is 5.43 Å². The van der Waals surface area contributed by atoms with Gasteiger partial charge >= 0.3 is 0 Å². The van der Waals surface area contributed by atoms with Gasteiger partial charge in [-0.05, 0) is 49.2 Å². The second-order valence-corrected chi connectivity index (χ2v) is 6.84. The summed E-state index contributed by atoms with van der Waals surface area (Å²) in [5.74, 6) is 0.924. The lowest BCUT2D eigenvalue weighted by molar-refractivity contribution is -0.384. The molecule has 0 bridgehead atoms. The number of rotatable bonds is 7. The molecule has 0 saturated carbocycles. The van der Waals surface area contributed by atoms with Crippen LogP contribution in [0.5, 0.6) is 5.75 Å². The Morgan fingerprint density at radius 1 is 1.23 bits per heavy atom. The molecule has 0 radical (unpaired) electrons. The molecule has 1 N–H and O–H groups in total. The third-order valence-electron chi connectivity index (χ3n) is 4.13. The first-order valence-corrected chi connectivity index (χ1v) is 9.27. The number of hydrogen-bond acceptors (Lipinski definition) is 6. The van der Waals surface area contributed by atoms with Crippen LogP contribution in [0.1, 0.15) is 16.9 Å². The highest BCUT2D eigenvalue weighted by Crippen LogP contribution is 2.26. The van der Waals surface area contributed by atoms with Crippen molar-refractivity contribution in [3.63, 3.8) is 0 Å². The molecule has 0 atom stereocenters. The van der Waals surface area contributed by atoms with Gasteiger partial charge in [0.25, 0.3) is 11.6 Å². The molecule has 0 aliphatic rings. The van der Waals surface area contributed by atoms with E-state index in [-0.39, 0.29) is 12.3 Å². The van der Waals surface area contributed by atoms with Crippen molar-refractivity contribution in [2.75, 3.05) is 6.61 Å². The number of hydrazone groups is 1. The van der Waals surface area contributed by atoms with Crippen LogP contribution in [0.4, 0.5) is 5.69 Å². The van der Waals surface area contributed by atoms with Crippen LogP contribution >= 0.6 is 11.6 Å². The molecule has 0 saturated heterocycles. The Bertz CT molecular complexity index is 1100. The maximum absolute atomic E-state index is 11.9. The topological polar surface area (TPSA) is 107 Å². The fraction of sp³-hybridized carbons (Fsp3) is 0.143. The normalized spacial score (nSPS) is 10.9. The van der Waals surface area contributed by atoms with Gasteiger partial charge in [-0.15, -0.1) is 0 Å². The van der Waals surface area contributed by atoms with Crippen molar-refractivity contribution >= 4 is 29.4 Å². The minimum absolute atomic E-state index is 0.0301. The number of aryl methyl sites for hydroxylation is 2. The maximum Gasteiger partial charge on any atom is 0.277 e. The second kappa shape index (κ2) is 9.23. The molecule has 154 valence electrons. The number of nitrogens with zero attached hydrogens (tertiary/aromatic N) is 2. The van der Waals surface area contributed by atoms with E-state index in [0.717, 1.165) is 11.1 Å². The van der Waals surface area contributed by atoms with E-state index in [9.17, 15) is 14.9 Å². The fourth-order valence-electron chi connectivity index (χ4n) is 2.69. The van der Waals surface area contributed by atoms with E-state index in [2.05, 4.69) is 10.5 Å². The van der Waals surface area contributed by atoms with Gasteiger partial charge in [0.2, 0.25) is 0 Å². The van der Waals surface area contributed by atoms with Crippen molar-refractivity contribution in [1.29, 1.82) is 0 Å². The molecule has 8 nitrogen and oxygen atoms in total. The van der Waals surface area contributed by atoms with E-state index >= 15 is 0 Å². The predicted molar refractivity (Wildman–Crippen MR) is 113 cm³/mol. The highest BCUT2D eigenvalue weighted by atomic mass is 35.5. The van der Waals surface area contributed by atoms with Gasteiger partial charge < -0.3 is 9.15 Å². The maximum atomic E-state index is 11.9. The third-order valence-corrected chi connectivity index (χ3v) is 4.73. The van der Waals surface area contributed by atoms with E-state index < -0.39 is 10.8 Å². The van der Waals surface area contributed by atoms with Crippen LogP contribution in [0.15, 0.2) is 58.0 Å². The number of nitrogens with one attached hydrogen (secondary N) is 1. The first-order valence-electron chi connectivity index (χ1n) is 8.89. The van der Waals surface area contributed by atoms with Crippen LogP contribution in [-0.4, -0.2) is 23.7 Å². The molecule has 1 heterocycles. The molecule has 1 aromatic heterocycles. The van der Waals surface area contributed by atoms with Gasteiger partial charge in [0.05, 0.1) is 11.1 Å². The molecule has 30 heavy (non-hydrogen) atoms. The van der Waals surface area contributed by atoms with Crippen LogP contribution in [0, 0.1) is 24.0 Å². The molecular formula is C21H18ClN3O5. The molecule has 2 aromatic carbocycles. The summed E-state index contributed by atoms with van der Waals surface area (Å²) < 4.78 is 11.0. The van der Waals surface area contributed by atoms with Crippen LogP contribution < -0.4 is 10.2 Å². The summed E-state index contributed by atoms with van der Waals surface area (Å²) in [6.07, 6.45) is 1.33. The molecule has 1 amide bonds. The lowest BCUT2D eigenvalue weighted by atomic mass is 10.1. The molecule has 0 aliphatic heterocycles. The van der Waals surface area contributed by atoms with Gasteiger partial charge in [-0.3, -0.25) is 14.9 Å². The second-order valence-electron chi connectivity index (χ2n) is 6.46. The van der Waals surface area contributed by atoms with Crippen LogP contribution in [0.2, 0.25) is 5.02 Å². The Balaban J connectivity index is 1.55. The number of amides is 1. The van der Waals surface area contributed by atoms with Gasteiger partial charge in [0, 0.05) is 22.7 Å². The van der Waals surface area contributed by atoms with Crippen LogP contribution in [0.3, 0.4) is 0 Å². The highest BCUT2D eigenvalue weighted by molar-refractivity contribution is 6.32. The van der Waals surface area contributed by atoms with Crippen molar-refractivity contribution < 1.29 is 18.9 Å². The Kier molecular flexibility index (Phi) is 6.48. The summed E-state index contributed by atoms with van der Waals surface area (Å²) in [6, 6.07) is 12.9. The van der Waals surface area contributed by atoms with Crippen molar-refractivity contribution in [1.82, 2.24) is 5.43 Å². The van der Waals surface area contributed by atoms with Gasteiger partial charge in [-0.1, -0.05) is 23.7 Å². The van der Waals surface area contributed by atoms with E-state index in [1.165, 1.54) is 18.3 Å². The summed E-state index contributed by atoms with van der Waals surface area (Å²) in [5, 5.41) is 15.4. The molecule has 9 heteroatoms. The summed E-state index contributed by atoms with van der Waals surface area (Å²) in [4.78, 5) is 22.3. The van der Waals surface area contributed by atoms with Crippen molar-refractivity contribution in [3.8, 4) is 17.1 Å². The fourth-order valence-corrected chi connectivity index (χ4v) is 2.80. The average molecular weight is 428 g/mol. The van der Waals surface area contributed by atoms with Crippen molar-refractivity contribution in [2.24, 2.45) is 5.10 Å². The monoisotopic (exact) mass is 427 g/mol. The van der Waals surface area contributed by atoms with Crippen molar-refractivity contribution in [2.45, 2.75) is 13.8 Å². The Labute approximate surface area is 177 Å². The van der Waals surface area contributed by atoms with Crippen LogP contribution in [0.25, 0.3) is 11.3 Å². The number of benzene rings is 2. The number of halogens is 1. The Hall–Kier alpha value is -3.65. The minimum Gasteiger partial charge on any atom is -0.484 e. The number of carbonyl (C=O) groups excluding carboxylic acids is 1. The molecule has 0 spiro atoms. The number of non-ortho nitro benzene ring substituents is 1. The van der Waals surface area contributed by atoms with Gasteiger partial charge in [0.15, 0.2) is 6.61 Å². The molecular weight excluding hydrogens is 410 g/mol. The summed E-state index contributed by atoms with van der Waals surface area (Å²) in [6.45, 7) is 3.50. The third kappa shape index (κ3) is 5.24. The van der Waals surface area contributed by atoms with Gasteiger partial charge in [0.1, 0.15) is 17.3 Å². The van der Waals surface area contributed by atoms with Crippen molar-refractivity contribution in [3.05, 3.63) is 80.6 Å². The predicted octanol–water partition coefficient (Wildman–Crippen LogP) is 4.65.